The van der Waals surface area contributed by atoms with Gasteiger partial charge in [0.05, 0.1) is 0 Å². The molecule has 0 aromatic heterocycles. The first-order valence-electron chi connectivity index (χ1n) is 6.37. The molecule has 0 aliphatic heterocycles. The number of halogens is 7. The van der Waals surface area contributed by atoms with E-state index in [-0.39, 0.29) is 11.5 Å². The summed E-state index contributed by atoms with van der Waals surface area (Å²) in [6.45, 7) is 4.71. The third kappa shape index (κ3) is 3.59. The smallest absolute Gasteiger partial charge is 0.422 e. The van der Waals surface area contributed by atoms with Crippen LogP contribution in [0.4, 0.5) is 30.7 Å². The summed E-state index contributed by atoms with van der Waals surface area (Å²) in [5.74, 6) is -16.4. The topological polar surface area (TPSA) is 26.3 Å². The molecule has 0 saturated carbocycles. The van der Waals surface area contributed by atoms with Crippen molar-refractivity contribution in [2.24, 2.45) is 0 Å². The summed E-state index contributed by atoms with van der Waals surface area (Å²) < 4.78 is 92.5. The second-order valence-electron chi connectivity index (χ2n) is 5.23. The Morgan fingerprint density at radius 1 is 1.04 bits per heavy atom. The number of ether oxygens (including phenoxy) is 1. The quantitative estimate of drug-likeness (QED) is 0.442. The Labute approximate surface area is 127 Å². The summed E-state index contributed by atoms with van der Waals surface area (Å²) in [7, 11) is 0. The highest BCUT2D eigenvalue weighted by atomic mass is 19.4. The number of esters is 1. The van der Waals surface area contributed by atoms with Gasteiger partial charge in [-0.05, 0) is 30.0 Å². The van der Waals surface area contributed by atoms with Crippen LogP contribution in [0.2, 0.25) is 0 Å². The lowest BCUT2D eigenvalue weighted by Crippen LogP contribution is -2.57. The molecule has 0 bridgehead atoms. The normalized spacial score (nSPS) is 13.3. The summed E-state index contributed by atoms with van der Waals surface area (Å²) in [5, 5.41) is 0. The third-order valence-electron chi connectivity index (χ3n) is 3.00. The molecule has 0 unspecified atom stereocenters. The second kappa shape index (κ2) is 6.01. The Bertz CT molecular complexity index is 591. The molecule has 2 nitrogen and oxygen atoms in total. The van der Waals surface area contributed by atoms with E-state index in [1.54, 1.807) is 19.9 Å². The van der Waals surface area contributed by atoms with E-state index in [1.165, 1.54) is 13.0 Å². The maximum absolute atomic E-state index is 13.3. The number of carbonyl (C=O) groups excluding carboxylic acids is 1. The molecular formula is C14H13F7O2. The molecule has 0 atom stereocenters. The molecule has 1 rings (SSSR count). The average Bonchev–Trinajstić information content (AvgIpc) is 2.36. The van der Waals surface area contributed by atoms with Gasteiger partial charge in [0.25, 0.3) is 0 Å². The molecule has 0 spiro atoms. The van der Waals surface area contributed by atoms with Crippen molar-refractivity contribution in [1.82, 2.24) is 0 Å². The lowest BCUT2D eigenvalue weighted by molar-refractivity contribution is -0.346. The molecule has 0 N–H and O–H groups in total. The minimum atomic E-state index is -6.59. The van der Waals surface area contributed by atoms with E-state index in [0.717, 1.165) is 6.07 Å². The Hall–Kier alpha value is -1.80. The predicted octanol–water partition coefficient (Wildman–Crippen LogP) is 4.86. The van der Waals surface area contributed by atoms with Gasteiger partial charge in [-0.1, -0.05) is 26.0 Å². The zero-order valence-electron chi connectivity index (χ0n) is 12.3. The molecule has 0 saturated heterocycles. The van der Waals surface area contributed by atoms with Crippen molar-refractivity contribution < 1.29 is 40.3 Å². The number of carbonyl (C=O) groups is 1. The predicted molar refractivity (Wildman–Crippen MR) is 66.9 cm³/mol. The standard InChI is InChI=1S/C14H13F7O2/c1-7(2)9-5-4-8(3)6-10(9)23-11(22)12(15,16)13(17,18)14(19,20)21/h4-7H,1-3H3. The van der Waals surface area contributed by atoms with Crippen LogP contribution in [0.15, 0.2) is 18.2 Å². The highest BCUT2D eigenvalue weighted by molar-refractivity contribution is 5.81. The molecule has 1 aromatic carbocycles. The number of benzene rings is 1. The molecule has 0 fully saturated rings. The van der Waals surface area contributed by atoms with Crippen molar-refractivity contribution in [3.8, 4) is 5.75 Å². The highest BCUT2D eigenvalue weighted by Crippen LogP contribution is 2.47. The third-order valence-corrected chi connectivity index (χ3v) is 3.00. The van der Waals surface area contributed by atoms with Gasteiger partial charge >= 0.3 is 24.0 Å². The molecule has 0 aliphatic carbocycles. The Morgan fingerprint density at radius 2 is 1.57 bits per heavy atom. The highest BCUT2D eigenvalue weighted by Gasteiger charge is 2.77. The number of aryl methyl sites for hydroxylation is 1. The van der Waals surface area contributed by atoms with Crippen LogP contribution >= 0.6 is 0 Å². The molecule has 1 aromatic rings. The van der Waals surface area contributed by atoms with E-state index in [9.17, 15) is 35.5 Å². The number of hydrogen-bond donors (Lipinski definition) is 0. The van der Waals surface area contributed by atoms with Crippen molar-refractivity contribution in [3.05, 3.63) is 29.3 Å². The van der Waals surface area contributed by atoms with Gasteiger partial charge < -0.3 is 4.74 Å². The second-order valence-corrected chi connectivity index (χ2v) is 5.23. The Balaban J connectivity index is 3.20. The van der Waals surface area contributed by atoms with E-state index in [1.807, 2.05) is 0 Å². The van der Waals surface area contributed by atoms with Gasteiger partial charge in [-0.3, -0.25) is 0 Å². The monoisotopic (exact) mass is 346 g/mol. The maximum atomic E-state index is 13.3. The average molecular weight is 346 g/mol. The minimum Gasteiger partial charge on any atom is -0.422 e. The molecule has 23 heavy (non-hydrogen) atoms. The van der Waals surface area contributed by atoms with Gasteiger partial charge in [-0.15, -0.1) is 0 Å². The first-order valence-corrected chi connectivity index (χ1v) is 6.37. The van der Waals surface area contributed by atoms with Gasteiger partial charge in [0.15, 0.2) is 0 Å². The molecule has 0 amide bonds. The first-order chi connectivity index (χ1) is 10.2. The van der Waals surface area contributed by atoms with Crippen LogP contribution < -0.4 is 4.74 Å². The lowest BCUT2D eigenvalue weighted by atomic mass is 10.0. The molecule has 0 aliphatic rings. The van der Waals surface area contributed by atoms with E-state index in [2.05, 4.69) is 4.74 Å². The molecular weight excluding hydrogens is 333 g/mol. The SMILES string of the molecule is Cc1ccc(C(C)C)c(OC(=O)C(F)(F)C(F)(F)C(F)(F)F)c1. The van der Waals surface area contributed by atoms with Crippen LogP contribution in [-0.4, -0.2) is 24.0 Å². The molecule has 0 radical (unpaired) electrons. The van der Waals surface area contributed by atoms with E-state index < -0.39 is 29.7 Å². The molecule has 0 heterocycles. The fourth-order valence-electron chi connectivity index (χ4n) is 1.68. The van der Waals surface area contributed by atoms with Gasteiger partial charge in [-0.25, -0.2) is 4.79 Å². The Kier molecular flexibility index (Phi) is 5.03. The fraction of sp³-hybridized carbons (Fsp3) is 0.500. The first kappa shape index (κ1) is 19.2. The van der Waals surface area contributed by atoms with Crippen LogP contribution in [0.1, 0.15) is 30.9 Å². The molecule has 9 heteroatoms. The van der Waals surface area contributed by atoms with Crippen molar-refractivity contribution in [3.63, 3.8) is 0 Å². The summed E-state index contributed by atoms with van der Waals surface area (Å²) in [6.07, 6.45) is -6.59. The van der Waals surface area contributed by atoms with E-state index in [0.29, 0.717) is 5.56 Å². The molecule has 130 valence electrons. The number of hydrogen-bond acceptors (Lipinski definition) is 2. The summed E-state index contributed by atoms with van der Waals surface area (Å²) >= 11 is 0. The summed E-state index contributed by atoms with van der Waals surface area (Å²) in [6, 6.07) is 4.06. The van der Waals surface area contributed by atoms with E-state index >= 15 is 0 Å². The van der Waals surface area contributed by atoms with E-state index in [4.69, 9.17) is 0 Å². The number of rotatable bonds is 4. The summed E-state index contributed by atoms with van der Waals surface area (Å²) in [4.78, 5) is 11.3. The van der Waals surface area contributed by atoms with Crippen molar-refractivity contribution in [2.75, 3.05) is 0 Å². The fourth-order valence-corrected chi connectivity index (χ4v) is 1.68. The van der Waals surface area contributed by atoms with Crippen LogP contribution in [0.3, 0.4) is 0 Å². The van der Waals surface area contributed by atoms with Gasteiger partial charge in [0.1, 0.15) is 5.75 Å². The van der Waals surface area contributed by atoms with Crippen LogP contribution in [-0.2, 0) is 4.79 Å². The van der Waals surface area contributed by atoms with Gasteiger partial charge in [0.2, 0.25) is 0 Å². The zero-order chi connectivity index (χ0) is 18.2. The van der Waals surface area contributed by atoms with Crippen LogP contribution in [0.5, 0.6) is 5.75 Å². The maximum Gasteiger partial charge on any atom is 0.460 e. The van der Waals surface area contributed by atoms with Crippen molar-refractivity contribution in [2.45, 2.75) is 44.7 Å². The largest absolute Gasteiger partial charge is 0.460 e. The minimum absolute atomic E-state index is 0.218. The van der Waals surface area contributed by atoms with Crippen molar-refractivity contribution >= 4 is 5.97 Å². The lowest BCUT2D eigenvalue weighted by Gasteiger charge is -2.26. The van der Waals surface area contributed by atoms with Gasteiger partial charge in [-0.2, -0.15) is 30.7 Å². The van der Waals surface area contributed by atoms with Crippen LogP contribution in [0.25, 0.3) is 0 Å². The Morgan fingerprint density at radius 3 is 2.00 bits per heavy atom. The summed E-state index contributed by atoms with van der Waals surface area (Å²) in [5.41, 5.74) is 0.665. The number of alkyl halides is 7. The van der Waals surface area contributed by atoms with Crippen LogP contribution in [0, 0.1) is 6.92 Å². The zero-order valence-corrected chi connectivity index (χ0v) is 12.3. The van der Waals surface area contributed by atoms with Gasteiger partial charge in [0, 0.05) is 0 Å². The van der Waals surface area contributed by atoms with Crippen molar-refractivity contribution in [1.29, 1.82) is 0 Å².